The lowest BCUT2D eigenvalue weighted by Crippen LogP contribution is -2.05. The second-order valence-corrected chi connectivity index (χ2v) is 4.11. The van der Waals surface area contributed by atoms with Gasteiger partial charge in [0.1, 0.15) is 15.5 Å². The lowest BCUT2D eigenvalue weighted by molar-refractivity contribution is -0.137. The molecule has 1 rings (SSSR count). The lowest BCUT2D eigenvalue weighted by atomic mass is 10.1. The average Bonchev–Trinajstić information content (AvgIpc) is 2.32. The van der Waals surface area contributed by atoms with Gasteiger partial charge in [0.15, 0.2) is 0 Å². The molecule has 88 valence electrons. The Hall–Kier alpha value is -1.42. The van der Waals surface area contributed by atoms with Crippen LogP contribution in [-0.4, -0.2) is 12.6 Å². The first-order valence-corrected chi connectivity index (χ1v) is 5.91. The van der Waals surface area contributed by atoms with E-state index in [9.17, 15) is 9.18 Å². The number of ether oxygens (including phenoxy) is 1. The molecule has 0 heterocycles. The molecule has 0 saturated carbocycles. The number of carbonyl (C=O) groups excluding carboxylic acids is 1. The quantitative estimate of drug-likeness (QED) is 0.366. The maximum atomic E-state index is 12.7. The van der Waals surface area contributed by atoms with Crippen LogP contribution in [0.1, 0.15) is 12.5 Å². The first-order chi connectivity index (χ1) is 8.10. The summed E-state index contributed by atoms with van der Waals surface area (Å²) in [7, 11) is 0. The lowest BCUT2D eigenvalue weighted by Gasteiger charge is -2.04. The highest BCUT2D eigenvalue weighted by Crippen LogP contribution is 2.24. The molecule has 0 aliphatic heterocycles. The largest absolute Gasteiger partial charge is 0.462 e. The van der Waals surface area contributed by atoms with Crippen molar-refractivity contribution in [3.63, 3.8) is 0 Å². The summed E-state index contributed by atoms with van der Waals surface area (Å²) in [6, 6.07) is 7.30. The van der Waals surface area contributed by atoms with Gasteiger partial charge < -0.3 is 4.74 Å². The predicted octanol–water partition coefficient (Wildman–Crippen LogP) is 3.06. The number of benzene rings is 1. The summed E-state index contributed by atoms with van der Waals surface area (Å²) in [4.78, 5) is 11.5. The van der Waals surface area contributed by atoms with Gasteiger partial charge >= 0.3 is 5.97 Å². The van der Waals surface area contributed by atoms with Gasteiger partial charge in [-0.25, -0.2) is 9.18 Å². The normalized spacial score (nSPS) is 11.4. The Morgan fingerprint density at radius 2 is 2.06 bits per heavy atom. The van der Waals surface area contributed by atoms with E-state index in [2.05, 4.69) is 0 Å². The van der Waals surface area contributed by atoms with Crippen LogP contribution >= 0.6 is 22.6 Å². The predicted molar refractivity (Wildman–Crippen MR) is 69.6 cm³/mol. The smallest absolute Gasteiger partial charge is 0.345 e. The third kappa shape index (κ3) is 3.53. The van der Waals surface area contributed by atoms with Gasteiger partial charge in [0.05, 0.1) is 12.2 Å². The van der Waals surface area contributed by atoms with E-state index in [1.54, 1.807) is 29.5 Å². The highest BCUT2D eigenvalue weighted by molar-refractivity contribution is 14.1. The molecule has 0 spiro atoms. The Kier molecular flexibility index (Phi) is 5.10. The molecule has 0 aliphatic carbocycles. The average molecular weight is 345 g/mol. The number of halogens is 2. The fourth-order valence-electron chi connectivity index (χ4n) is 1.15. The van der Waals surface area contributed by atoms with E-state index in [1.807, 2.05) is 6.07 Å². The van der Waals surface area contributed by atoms with Gasteiger partial charge in [0.25, 0.3) is 0 Å². The summed E-state index contributed by atoms with van der Waals surface area (Å²) < 4.78 is 17.7. The molecule has 3 nitrogen and oxygen atoms in total. The molecular weight excluding hydrogens is 336 g/mol. The van der Waals surface area contributed by atoms with Gasteiger partial charge in [-0.15, -0.1) is 0 Å². The Morgan fingerprint density at radius 3 is 2.53 bits per heavy atom. The number of carbonyl (C=O) groups is 1. The second kappa shape index (κ2) is 6.35. The zero-order valence-corrected chi connectivity index (χ0v) is 11.2. The first-order valence-electron chi connectivity index (χ1n) is 4.83. The van der Waals surface area contributed by atoms with Crippen LogP contribution in [0.5, 0.6) is 0 Å². The molecule has 0 amide bonds. The minimum Gasteiger partial charge on any atom is -0.462 e. The molecular formula is C12H9FINO2. The van der Waals surface area contributed by atoms with E-state index < -0.39 is 11.8 Å². The van der Waals surface area contributed by atoms with Crippen molar-refractivity contribution < 1.29 is 13.9 Å². The first kappa shape index (κ1) is 13.6. The van der Waals surface area contributed by atoms with E-state index >= 15 is 0 Å². The van der Waals surface area contributed by atoms with E-state index in [1.165, 1.54) is 24.3 Å². The van der Waals surface area contributed by atoms with Crippen molar-refractivity contribution in [2.45, 2.75) is 6.92 Å². The summed E-state index contributed by atoms with van der Waals surface area (Å²) in [5.41, 5.74) is 0.676. The fraction of sp³-hybridized carbons (Fsp3) is 0.167. The highest BCUT2D eigenvalue weighted by atomic mass is 127. The summed E-state index contributed by atoms with van der Waals surface area (Å²) in [6.45, 7) is 1.93. The summed E-state index contributed by atoms with van der Waals surface area (Å²) in [6.07, 6.45) is 0. The van der Waals surface area contributed by atoms with Crippen LogP contribution in [-0.2, 0) is 9.53 Å². The standard InChI is InChI=1S/C12H9FINO2/c1-2-17-12(16)11(14)10(7-15)8-3-5-9(13)6-4-8/h3-6H,2H2,1H3/b11-10-. The zero-order chi connectivity index (χ0) is 12.8. The van der Waals surface area contributed by atoms with Crippen LogP contribution in [0.3, 0.4) is 0 Å². The number of hydrogen-bond acceptors (Lipinski definition) is 3. The van der Waals surface area contributed by atoms with Crippen LogP contribution in [0.4, 0.5) is 4.39 Å². The van der Waals surface area contributed by atoms with Crippen molar-refractivity contribution in [3.8, 4) is 6.07 Å². The molecule has 17 heavy (non-hydrogen) atoms. The van der Waals surface area contributed by atoms with Crippen molar-refractivity contribution in [2.75, 3.05) is 6.61 Å². The highest BCUT2D eigenvalue weighted by Gasteiger charge is 2.15. The van der Waals surface area contributed by atoms with Gasteiger partial charge in [-0.2, -0.15) is 5.26 Å². The van der Waals surface area contributed by atoms with Crippen LogP contribution in [0.15, 0.2) is 27.8 Å². The molecule has 0 radical (unpaired) electrons. The fourth-order valence-corrected chi connectivity index (χ4v) is 1.74. The number of rotatable bonds is 3. The van der Waals surface area contributed by atoms with Crippen molar-refractivity contribution >= 4 is 34.1 Å². The van der Waals surface area contributed by atoms with Crippen molar-refractivity contribution in [3.05, 3.63) is 39.2 Å². The molecule has 0 fully saturated rings. The molecule has 0 atom stereocenters. The third-order valence-electron chi connectivity index (χ3n) is 1.92. The molecule has 0 bridgehead atoms. The van der Waals surface area contributed by atoms with Crippen molar-refractivity contribution in [2.24, 2.45) is 0 Å². The van der Waals surface area contributed by atoms with E-state index in [-0.39, 0.29) is 15.8 Å². The Bertz CT molecular complexity index is 488. The minimum atomic E-state index is -0.547. The number of hydrogen-bond donors (Lipinski definition) is 0. The van der Waals surface area contributed by atoms with Gasteiger partial charge in [-0.05, 0) is 47.2 Å². The number of esters is 1. The van der Waals surface area contributed by atoms with Crippen LogP contribution in [0.25, 0.3) is 5.57 Å². The molecule has 1 aromatic carbocycles. The van der Waals surface area contributed by atoms with Crippen LogP contribution < -0.4 is 0 Å². The molecule has 1 aromatic rings. The van der Waals surface area contributed by atoms with E-state index in [0.29, 0.717) is 5.56 Å². The monoisotopic (exact) mass is 345 g/mol. The van der Waals surface area contributed by atoms with Crippen molar-refractivity contribution in [1.29, 1.82) is 5.26 Å². The van der Waals surface area contributed by atoms with Gasteiger partial charge in [-0.3, -0.25) is 0 Å². The zero-order valence-electron chi connectivity index (χ0n) is 9.04. The maximum absolute atomic E-state index is 12.7. The maximum Gasteiger partial charge on any atom is 0.345 e. The number of nitriles is 1. The molecule has 0 unspecified atom stereocenters. The van der Waals surface area contributed by atoms with Crippen molar-refractivity contribution in [1.82, 2.24) is 0 Å². The molecule has 0 saturated heterocycles. The molecule has 5 heteroatoms. The van der Waals surface area contributed by atoms with Gasteiger partial charge in [0.2, 0.25) is 0 Å². The topological polar surface area (TPSA) is 50.1 Å². The second-order valence-electron chi connectivity index (χ2n) is 3.03. The molecule has 0 aromatic heterocycles. The number of nitrogens with zero attached hydrogens (tertiary/aromatic N) is 1. The molecule has 0 aliphatic rings. The third-order valence-corrected chi connectivity index (χ3v) is 2.90. The summed E-state index contributed by atoms with van der Waals surface area (Å²) in [5, 5.41) is 9.02. The van der Waals surface area contributed by atoms with Gasteiger partial charge in [0, 0.05) is 0 Å². The Labute approximate surface area is 112 Å². The minimum absolute atomic E-state index is 0.184. The Balaban J connectivity index is 3.15. The SMILES string of the molecule is CCOC(=O)/C(I)=C(\C#N)c1ccc(F)cc1. The number of allylic oxidation sites excluding steroid dienone is 1. The van der Waals surface area contributed by atoms with Crippen LogP contribution in [0, 0.1) is 17.1 Å². The van der Waals surface area contributed by atoms with E-state index in [0.717, 1.165) is 0 Å². The summed E-state index contributed by atoms with van der Waals surface area (Å²) >= 11 is 1.75. The van der Waals surface area contributed by atoms with E-state index in [4.69, 9.17) is 10.00 Å². The molecule has 0 N–H and O–H groups in total. The van der Waals surface area contributed by atoms with Gasteiger partial charge in [-0.1, -0.05) is 12.1 Å². The summed E-state index contributed by atoms with van der Waals surface area (Å²) in [5.74, 6) is -0.939. The van der Waals surface area contributed by atoms with Crippen LogP contribution in [0.2, 0.25) is 0 Å². The Morgan fingerprint density at radius 1 is 1.47 bits per heavy atom.